The molecule has 1 aliphatic heterocycles. The Bertz CT molecular complexity index is 650. The third-order valence-electron chi connectivity index (χ3n) is 4.04. The van der Waals surface area contributed by atoms with Gasteiger partial charge in [-0.15, -0.1) is 10.2 Å². The zero-order valence-electron chi connectivity index (χ0n) is 13.7. The number of amides is 1. The van der Waals surface area contributed by atoms with Crippen LogP contribution in [0.3, 0.4) is 0 Å². The molecular formula is C16H22N4O3. The molecule has 1 aliphatic rings. The van der Waals surface area contributed by atoms with Gasteiger partial charge >= 0.3 is 0 Å². The number of morpholine rings is 1. The number of carbonyl (C=O) groups is 1. The molecule has 2 aromatic rings. The largest absolute Gasteiger partial charge is 0.422 e. The van der Waals surface area contributed by atoms with E-state index in [0.717, 1.165) is 0 Å². The number of carbonyl (C=O) groups excluding carboxylic acids is 1. The van der Waals surface area contributed by atoms with Crippen LogP contribution in [0.5, 0.6) is 0 Å². The zero-order valence-corrected chi connectivity index (χ0v) is 13.7. The smallest absolute Gasteiger partial charge is 0.247 e. The van der Waals surface area contributed by atoms with Crippen molar-refractivity contribution >= 4 is 5.91 Å². The molecule has 7 nitrogen and oxygen atoms in total. The highest BCUT2D eigenvalue weighted by atomic mass is 16.5. The average molecular weight is 318 g/mol. The third-order valence-corrected chi connectivity index (χ3v) is 4.04. The van der Waals surface area contributed by atoms with Crippen molar-refractivity contribution in [3.05, 3.63) is 36.3 Å². The first-order valence-electron chi connectivity index (χ1n) is 7.92. The lowest BCUT2D eigenvalue weighted by molar-refractivity contribution is -0.143. The maximum atomic E-state index is 12.7. The van der Waals surface area contributed by atoms with Crippen LogP contribution in [0.25, 0.3) is 0 Å². The van der Waals surface area contributed by atoms with Crippen LogP contribution >= 0.6 is 0 Å². The lowest BCUT2D eigenvalue weighted by atomic mass is 10.2. The topological polar surface area (TPSA) is 73.4 Å². The number of ether oxygens (including phenoxy) is 1. The van der Waals surface area contributed by atoms with Gasteiger partial charge in [-0.25, -0.2) is 0 Å². The van der Waals surface area contributed by atoms with Crippen molar-refractivity contribution in [1.29, 1.82) is 0 Å². The molecule has 0 bridgehead atoms. The van der Waals surface area contributed by atoms with Crippen molar-refractivity contribution in [2.75, 3.05) is 19.7 Å². The van der Waals surface area contributed by atoms with Crippen molar-refractivity contribution in [2.45, 2.75) is 38.8 Å². The van der Waals surface area contributed by atoms with Crippen molar-refractivity contribution in [1.82, 2.24) is 19.7 Å². The second kappa shape index (κ2) is 6.54. The van der Waals surface area contributed by atoms with Crippen molar-refractivity contribution in [3.63, 3.8) is 0 Å². The van der Waals surface area contributed by atoms with E-state index in [-0.39, 0.29) is 24.0 Å². The molecule has 1 fully saturated rings. The molecular weight excluding hydrogens is 296 g/mol. The standard InChI is InChI=1S/C16H22N4O3/c1-11(2)14-17-18-15(23-14)13-10-20(8-9-22-13)16(21)12(3)19-6-4-5-7-19/h4-7,11-13H,8-10H2,1-3H3. The molecule has 0 radical (unpaired) electrons. The maximum absolute atomic E-state index is 12.7. The Labute approximate surface area is 135 Å². The summed E-state index contributed by atoms with van der Waals surface area (Å²) in [5.74, 6) is 1.28. The summed E-state index contributed by atoms with van der Waals surface area (Å²) in [4.78, 5) is 14.5. The molecule has 2 unspecified atom stereocenters. The molecule has 1 amide bonds. The summed E-state index contributed by atoms with van der Waals surface area (Å²) >= 11 is 0. The first-order chi connectivity index (χ1) is 11.1. The fourth-order valence-corrected chi connectivity index (χ4v) is 2.61. The summed E-state index contributed by atoms with van der Waals surface area (Å²) in [6.07, 6.45) is 3.44. The van der Waals surface area contributed by atoms with Crippen molar-refractivity contribution in [3.8, 4) is 0 Å². The van der Waals surface area contributed by atoms with Gasteiger partial charge in [-0.1, -0.05) is 13.8 Å². The van der Waals surface area contributed by atoms with Gasteiger partial charge in [0.05, 0.1) is 13.2 Å². The van der Waals surface area contributed by atoms with Gasteiger partial charge in [0.25, 0.3) is 0 Å². The molecule has 0 aliphatic carbocycles. The second-order valence-electron chi connectivity index (χ2n) is 6.08. The van der Waals surface area contributed by atoms with Crippen LogP contribution in [0.15, 0.2) is 28.9 Å². The minimum atomic E-state index is -0.357. The fourth-order valence-electron chi connectivity index (χ4n) is 2.61. The molecule has 2 aromatic heterocycles. The van der Waals surface area contributed by atoms with E-state index in [1.165, 1.54) is 0 Å². The van der Waals surface area contributed by atoms with Crippen LogP contribution in [-0.4, -0.2) is 45.3 Å². The van der Waals surface area contributed by atoms with E-state index in [1.807, 2.05) is 49.9 Å². The Morgan fingerprint density at radius 3 is 2.65 bits per heavy atom. The van der Waals surface area contributed by atoms with Crippen LogP contribution in [0.1, 0.15) is 50.6 Å². The lowest BCUT2D eigenvalue weighted by Gasteiger charge is -2.33. The number of hydrogen-bond donors (Lipinski definition) is 0. The number of hydrogen-bond acceptors (Lipinski definition) is 5. The van der Waals surface area contributed by atoms with Gasteiger partial charge in [-0.3, -0.25) is 4.79 Å². The molecule has 3 heterocycles. The first kappa shape index (κ1) is 15.7. The van der Waals surface area contributed by atoms with Crippen LogP contribution < -0.4 is 0 Å². The van der Waals surface area contributed by atoms with E-state index >= 15 is 0 Å². The highest BCUT2D eigenvalue weighted by Gasteiger charge is 2.31. The molecule has 7 heteroatoms. The molecule has 124 valence electrons. The summed E-state index contributed by atoms with van der Waals surface area (Å²) < 4.78 is 13.3. The molecule has 0 N–H and O–H groups in total. The van der Waals surface area contributed by atoms with Gasteiger partial charge in [-0.2, -0.15) is 0 Å². The van der Waals surface area contributed by atoms with Gasteiger partial charge in [-0.05, 0) is 19.1 Å². The van der Waals surface area contributed by atoms with E-state index in [9.17, 15) is 4.79 Å². The van der Waals surface area contributed by atoms with Crippen molar-refractivity contribution < 1.29 is 13.9 Å². The summed E-state index contributed by atoms with van der Waals surface area (Å²) in [5.41, 5.74) is 0. The van der Waals surface area contributed by atoms with Crippen LogP contribution in [0.2, 0.25) is 0 Å². The summed E-state index contributed by atoms with van der Waals surface area (Å²) in [6, 6.07) is 3.59. The predicted molar refractivity (Wildman–Crippen MR) is 82.8 cm³/mol. The molecule has 23 heavy (non-hydrogen) atoms. The molecule has 3 rings (SSSR count). The monoisotopic (exact) mass is 318 g/mol. The van der Waals surface area contributed by atoms with Crippen LogP contribution in [0.4, 0.5) is 0 Å². The highest BCUT2D eigenvalue weighted by molar-refractivity contribution is 5.80. The fraction of sp³-hybridized carbons (Fsp3) is 0.562. The molecule has 1 saturated heterocycles. The normalized spacial score (nSPS) is 20.0. The van der Waals surface area contributed by atoms with E-state index < -0.39 is 0 Å². The third kappa shape index (κ3) is 3.29. The highest BCUT2D eigenvalue weighted by Crippen LogP contribution is 2.24. The minimum absolute atomic E-state index is 0.0677. The lowest BCUT2D eigenvalue weighted by Crippen LogP contribution is -2.44. The van der Waals surface area contributed by atoms with Gasteiger partial charge in [0, 0.05) is 24.9 Å². The Hall–Kier alpha value is -2.15. The predicted octanol–water partition coefficient (Wildman–Crippen LogP) is 2.16. The quantitative estimate of drug-likeness (QED) is 0.863. The SMILES string of the molecule is CC(C)c1nnc(C2CN(C(=O)C(C)n3cccc3)CCO2)o1. The molecule has 0 saturated carbocycles. The van der Waals surface area contributed by atoms with E-state index in [0.29, 0.717) is 31.5 Å². The zero-order chi connectivity index (χ0) is 16.4. The van der Waals surface area contributed by atoms with E-state index in [4.69, 9.17) is 9.15 Å². The second-order valence-corrected chi connectivity index (χ2v) is 6.08. The van der Waals surface area contributed by atoms with E-state index in [1.54, 1.807) is 4.90 Å². The average Bonchev–Trinajstić information content (AvgIpc) is 3.25. The Morgan fingerprint density at radius 2 is 2.00 bits per heavy atom. The van der Waals surface area contributed by atoms with Gasteiger partial charge in [0.1, 0.15) is 6.04 Å². The molecule has 0 spiro atoms. The van der Waals surface area contributed by atoms with Gasteiger partial charge in [0.2, 0.25) is 17.7 Å². The number of nitrogens with zero attached hydrogens (tertiary/aromatic N) is 4. The number of rotatable bonds is 4. The number of aromatic nitrogens is 3. The van der Waals surface area contributed by atoms with Crippen LogP contribution in [-0.2, 0) is 9.53 Å². The molecule has 2 atom stereocenters. The minimum Gasteiger partial charge on any atom is -0.422 e. The van der Waals surface area contributed by atoms with Gasteiger partial charge in [0.15, 0.2) is 6.10 Å². The van der Waals surface area contributed by atoms with Crippen molar-refractivity contribution in [2.24, 2.45) is 0 Å². The first-order valence-corrected chi connectivity index (χ1v) is 7.92. The Kier molecular flexibility index (Phi) is 4.47. The summed E-state index contributed by atoms with van der Waals surface area (Å²) in [6.45, 7) is 7.36. The maximum Gasteiger partial charge on any atom is 0.247 e. The van der Waals surface area contributed by atoms with Gasteiger partial charge < -0.3 is 18.6 Å². The summed E-state index contributed by atoms with van der Waals surface area (Å²) in [5, 5.41) is 8.10. The van der Waals surface area contributed by atoms with E-state index in [2.05, 4.69) is 10.2 Å². The Morgan fingerprint density at radius 1 is 1.26 bits per heavy atom. The summed E-state index contributed by atoms with van der Waals surface area (Å²) in [7, 11) is 0. The molecule has 0 aromatic carbocycles. The Balaban J connectivity index is 1.69. The van der Waals surface area contributed by atoms with Crippen LogP contribution in [0, 0.1) is 0 Å².